The highest BCUT2D eigenvalue weighted by Crippen LogP contribution is 2.23. The fraction of sp³-hybridized carbons (Fsp3) is 0.300. The minimum Gasteiger partial charge on any atom is -0.497 e. The number of methoxy groups -OCH3 is 1. The number of aromatic nitrogens is 1. The topological polar surface area (TPSA) is 43.6 Å². The molecule has 0 saturated carbocycles. The van der Waals surface area contributed by atoms with Crippen LogP contribution in [0.15, 0.2) is 52.4 Å². The van der Waals surface area contributed by atoms with Crippen molar-refractivity contribution in [3.05, 3.63) is 52.8 Å². The summed E-state index contributed by atoms with van der Waals surface area (Å²) in [6.45, 7) is 2.93. The Bertz CT molecular complexity index is 991. The van der Waals surface area contributed by atoms with E-state index in [1.165, 1.54) is 11.3 Å². The summed E-state index contributed by atoms with van der Waals surface area (Å²) in [6, 6.07) is 13.6. The van der Waals surface area contributed by atoms with Crippen LogP contribution in [-0.2, 0) is 6.54 Å². The molecule has 142 valence electrons. The van der Waals surface area contributed by atoms with E-state index in [1.807, 2.05) is 42.5 Å². The zero-order valence-electron chi connectivity index (χ0n) is 15.6. The molecule has 1 heterocycles. The third-order valence-electron chi connectivity index (χ3n) is 4.02. The predicted molar refractivity (Wildman–Crippen MR) is 117 cm³/mol. The molecule has 3 rings (SSSR count). The SMILES string of the molecule is CCSc1ccc(C(=O)N=c2sc3cc(OC)ccc3n2CCSC)cc1. The van der Waals surface area contributed by atoms with E-state index in [-0.39, 0.29) is 5.91 Å². The van der Waals surface area contributed by atoms with Crippen molar-refractivity contribution in [1.82, 2.24) is 4.57 Å². The van der Waals surface area contributed by atoms with Gasteiger partial charge in [-0.05, 0) is 54.5 Å². The van der Waals surface area contributed by atoms with Crippen LogP contribution >= 0.6 is 34.9 Å². The Morgan fingerprint density at radius 3 is 2.67 bits per heavy atom. The summed E-state index contributed by atoms with van der Waals surface area (Å²) in [4.78, 5) is 19.0. The van der Waals surface area contributed by atoms with Gasteiger partial charge in [-0.1, -0.05) is 18.3 Å². The molecule has 27 heavy (non-hydrogen) atoms. The lowest BCUT2D eigenvalue weighted by Gasteiger charge is -2.05. The van der Waals surface area contributed by atoms with Crippen molar-refractivity contribution in [3.63, 3.8) is 0 Å². The minimum atomic E-state index is -0.209. The first-order valence-electron chi connectivity index (χ1n) is 8.64. The van der Waals surface area contributed by atoms with E-state index in [1.54, 1.807) is 30.6 Å². The van der Waals surface area contributed by atoms with Gasteiger partial charge < -0.3 is 9.30 Å². The second-order valence-electron chi connectivity index (χ2n) is 5.74. The number of hydrogen-bond donors (Lipinski definition) is 0. The van der Waals surface area contributed by atoms with E-state index in [0.29, 0.717) is 5.56 Å². The van der Waals surface area contributed by atoms with Crippen molar-refractivity contribution in [2.75, 3.05) is 24.9 Å². The van der Waals surface area contributed by atoms with E-state index in [4.69, 9.17) is 4.74 Å². The Hall–Kier alpha value is -1.70. The molecule has 0 N–H and O–H groups in total. The molecule has 1 amide bonds. The number of carbonyl (C=O) groups is 1. The second-order valence-corrected chi connectivity index (χ2v) is 9.07. The van der Waals surface area contributed by atoms with Crippen molar-refractivity contribution in [1.29, 1.82) is 0 Å². The van der Waals surface area contributed by atoms with Crippen molar-refractivity contribution < 1.29 is 9.53 Å². The first kappa shape index (κ1) is 20.0. The van der Waals surface area contributed by atoms with Crippen LogP contribution in [0.3, 0.4) is 0 Å². The van der Waals surface area contributed by atoms with Crippen LogP contribution < -0.4 is 9.54 Å². The Kier molecular flexibility index (Phi) is 7.04. The highest BCUT2D eigenvalue weighted by atomic mass is 32.2. The van der Waals surface area contributed by atoms with E-state index < -0.39 is 0 Å². The van der Waals surface area contributed by atoms with Crippen LogP contribution in [0, 0.1) is 0 Å². The number of fused-ring (bicyclic) bond motifs is 1. The largest absolute Gasteiger partial charge is 0.497 e. The average molecular weight is 419 g/mol. The molecule has 3 aromatic rings. The van der Waals surface area contributed by atoms with Crippen molar-refractivity contribution in [3.8, 4) is 5.75 Å². The van der Waals surface area contributed by atoms with Gasteiger partial charge in [0.1, 0.15) is 5.75 Å². The van der Waals surface area contributed by atoms with E-state index >= 15 is 0 Å². The molecular weight excluding hydrogens is 396 g/mol. The predicted octanol–water partition coefficient (Wildman–Crippen LogP) is 4.93. The quantitative estimate of drug-likeness (QED) is 0.511. The maximum Gasteiger partial charge on any atom is 0.279 e. The maximum absolute atomic E-state index is 12.7. The molecule has 1 aromatic heterocycles. The van der Waals surface area contributed by atoms with E-state index in [2.05, 4.69) is 22.7 Å². The van der Waals surface area contributed by atoms with Crippen LogP contribution in [0.25, 0.3) is 10.2 Å². The number of thioether (sulfide) groups is 2. The van der Waals surface area contributed by atoms with Crippen molar-refractivity contribution in [2.24, 2.45) is 4.99 Å². The summed E-state index contributed by atoms with van der Waals surface area (Å²) >= 11 is 5.06. The first-order chi connectivity index (χ1) is 13.2. The summed E-state index contributed by atoms with van der Waals surface area (Å²) in [6.07, 6.45) is 2.08. The van der Waals surface area contributed by atoms with Gasteiger partial charge in [-0.25, -0.2) is 0 Å². The second kappa shape index (κ2) is 9.48. The van der Waals surface area contributed by atoms with Crippen LogP contribution in [-0.4, -0.2) is 35.3 Å². The Morgan fingerprint density at radius 2 is 2.00 bits per heavy atom. The highest BCUT2D eigenvalue weighted by Gasteiger charge is 2.10. The summed E-state index contributed by atoms with van der Waals surface area (Å²) < 4.78 is 8.51. The number of rotatable bonds is 7. The molecule has 4 nitrogen and oxygen atoms in total. The van der Waals surface area contributed by atoms with Gasteiger partial charge in [0.2, 0.25) is 0 Å². The van der Waals surface area contributed by atoms with Crippen LogP contribution in [0.2, 0.25) is 0 Å². The summed E-state index contributed by atoms with van der Waals surface area (Å²) in [7, 11) is 1.66. The fourth-order valence-electron chi connectivity index (χ4n) is 2.68. The third kappa shape index (κ3) is 4.78. The van der Waals surface area contributed by atoms with Gasteiger partial charge in [-0.15, -0.1) is 11.8 Å². The van der Waals surface area contributed by atoms with Gasteiger partial charge in [-0.2, -0.15) is 16.8 Å². The number of aryl methyl sites for hydroxylation is 1. The zero-order valence-corrected chi connectivity index (χ0v) is 18.0. The molecule has 0 aliphatic rings. The number of carbonyl (C=O) groups excluding carboxylic acids is 1. The first-order valence-corrected chi connectivity index (χ1v) is 11.8. The fourth-order valence-corrected chi connectivity index (χ4v) is 4.79. The number of ether oxygens (including phenoxy) is 1. The van der Waals surface area contributed by atoms with Gasteiger partial charge in [0.05, 0.1) is 17.3 Å². The van der Waals surface area contributed by atoms with Gasteiger partial charge in [0, 0.05) is 22.8 Å². The normalized spacial score (nSPS) is 11.9. The lowest BCUT2D eigenvalue weighted by Crippen LogP contribution is -2.18. The Balaban J connectivity index is 2.01. The molecule has 0 saturated heterocycles. The monoisotopic (exact) mass is 418 g/mol. The Morgan fingerprint density at radius 1 is 1.22 bits per heavy atom. The third-order valence-corrected chi connectivity index (χ3v) is 6.54. The number of benzene rings is 2. The highest BCUT2D eigenvalue weighted by molar-refractivity contribution is 7.99. The van der Waals surface area contributed by atoms with Gasteiger partial charge in [0.15, 0.2) is 4.80 Å². The number of nitrogens with zero attached hydrogens (tertiary/aromatic N) is 2. The zero-order chi connectivity index (χ0) is 19.2. The standard InChI is InChI=1S/C20H22N2O2S3/c1-4-26-16-8-5-14(6-9-16)19(23)21-20-22(11-12-25-3)17-10-7-15(24-2)13-18(17)27-20/h5-10,13H,4,11-12H2,1-3H3. The Labute approximate surface area is 171 Å². The van der Waals surface area contributed by atoms with E-state index in [9.17, 15) is 4.79 Å². The molecule has 0 atom stereocenters. The van der Waals surface area contributed by atoms with Crippen LogP contribution in [0.4, 0.5) is 0 Å². The van der Waals surface area contributed by atoms with Gasteiger partial charge >= 0.3 is 0 Å². The van der Waals surface area contributed by atoms with Gasteiger partial charge in [-0.3, -0.25) is 4.79 Å². The lowest BCUT2D eigenvalue weighted by molar-refractivity contribution is 0.0998. The molecule has 0 spiro atoms. The summed E-state index contributed by atoms with van der Waals surface area (Å²) in [5.74, 6) is 2.57. The number of thiazole rings is 1. The summed E-state index contributed by atoms with van der Waals surface area (Å²) in [5.41, 5.74) is 1.69. The van der Waals surface area contributed by atoms with Crippen molar-refractivity contribution in [2.45, 2.75) is 18.4 Å². The smallest absolute Gasteiger partial charge is 0.279 e. The molecule has 0 fully saturated rings. The van der Waals surface area contributed by atoms with Crippen LogP contribution in [0.5, 0.6) is 5.75 Å². The molecule has 0 aliphatic heterocycles. The van der Waals surface area contributed by atoms with Gasteiger partial charge in [0.25, 0.3) is 5.91 Å². The minimum absolute atomic E-state index is 0.209. The van der Waals surface area contributed by atoms with E-state index in [0.717, 1.165) is 43.7 Å². The van der Waals surface area contributed by atoms with Crippen molar-refractivity contribution >= 4 is 51.0 Å². The lowest BCUT2D eigenvalue weighted by atomic mass is 10.2. The summed E-state index contributed by atoms with van der Waals surface area (Å²) in [5, 5.41) is 0. The molecular formula is C20H22N2O2S3. The average Bonchev–Trinajstić information content (AvgIpc) is 3.03. The maximum atomic E-state index is 12.7. The molecule has 0 radical (unpaired) electrons. The molecule has 7 heteroatoms. The molecule has 0 aliphatic carbocycles. The molecule has 0 unspecified atom stereocenters. The number of hydrogen-bond acceptors (Lipinski definition) is 5. The molecule has 0 bridgehead atoms. The number of amides is 1. The molecule has 2 aromatic carbocycles. The van der Waals surface area contributed by atoms with Crippen LogP contribution in [0.1, 0.15) is 17.3 Å².